The van der Waals surface area contributed by atoms with Crippen LogP contribution in [0.25, 0.3) is 10.8 Å². The van der Waals surface area contributed by atoms with Gasteiger partial charge in [0.2, 0.25) is 10.0 Å². The summed E-state index contributed by atoms with van der Waals surface area (Å²) < 4.78 is 32.4. The average molecular weight is 436 g/mol. The molecular weight excluding hydrogens is 416 g/mol. The van der Waals surface area contributed by atoms with E-state index >= 15 is 0 Å². The molecule has 158 valence electrons. The van der Waals surface area contributed by atoms with Gasteiger partial charge in [0.25, 0.3) is 11.7 Å². The van der Waals surface area contributed by atoms with Crippen molar-refractivity contribution in [3.63, 3.8) is 0 Å². The van der Waals surface area contributed by atoms with E-state index in [2.05, 4.69) is 0 Å². The number of sulfonamides is 1. The molecule has 1 fully saturated rings. The number of hydrogen-bond acceptors (Lipinski definition) is 5. The highest BCUT2D eigenvalue weighted by atomic mass is 32.2. The number of anilines is 1. The van der Waals surface area contributed by atoms with Gasteiger partial charge in [-0.05, 0) is 40.6 Å². The highest BCUT2D eigenvalue weighted by Gasteiger charge is 2.37. The molecule has 1 amide bonds. The molecule has 0 radical (unpaired) electrons. The van der Waals surface area contributed by atoms with Crippen LogP contribution >= 0.6 is 0 Å². The Morgan fingerprint density at radius 3 is 2.39 bits per heavy atom. The van der Waals surface area contributed by atoms with Crippen LogP contribution in [0, 0.1) is 0 Å². The molecule has 7 nitrogen and oxygen atoms in total. The van der Waals surface area contributed by atoms with Gasteiger partial charge < -0.3 is 9.64 Å². The molecule has 0 aromatic heterocycles. The standard InChI is InChI=1S/C23H20N2O5S/c26-22-20-14-19(31(28,29)24-9-11-30-12-10-24)7-8-21(20)25(23(22)27)15-16-5-6-17-3-1-2-4-18(17)13-16/h1-8,13-14H,9-12,15H2. The Balaban J connectivity index is 1.47. The van der Waals surface area contributed by atoms with Crippen molar-refractivity contribution in [1.82, 2.24) is 4.31 Å². The fraction of sp³-hybridized carbons (Fsp3) is 0.217. The zero-order valence-corrected chi connectivity index (χ0v) is 17.5. The van der Waals surface area contributed by atoms with Gasteiger partial charge in [-0.1, -0.05) is 36.4 Å². The summed E-state index contributed by atoms with van der Waals surface area (Å²) in [6, 6.07) is 18.1. The maximum absolute atomic E-state index is 12.9. The maximum Gasteiger partial charge on any atom is 0.299 e. The molecule has 3 aromatic rings. The summed E-state index contributed by atoms with van der Waals surface area (Å²) in [4.78, 5) is 26.8. The summed E-state index contributed by atoms with van der Waals surface area (Å²) in [6.45, 7) is 1.43. The van der Waals surface area contributed by atoms with Gasteiger partial charge in [-0.3, -0.25) is 9.59 Å². The summed E-state index contributed by atoms with van der Waals surface area (Å²) in [6.07, 6.45) is 0. The van der Waals surface area contributed by atoms with Crippen LogP contribution in [-0.4, -0.2) is 50.7 Å². The molecule has 1 saturated heterocycles. The molecule has 31 heavy (non-hydrogen) atoms. The van der Waals surface area contributed by atoms with Crippen LogP contribution in [0.5, 0.6) is 0 Å². The number of fused-ring (bicyclic) bond motifs is 2. The smallest absolute Gasteiger partial charge is 0.299 e. The Kier molecular flexibility index (Phi) is 4.85. The highest BCUT2D eigenvalue weighted by Crippen LogP contribution is 2.33. The Bertz CT molecular complexity index is 1310. The van der Waals surface area contributed by atoms with Gasteiger partial charge in [0.05, 0.1) is 35.9 Å². The number of carbonyl (C=O) groups excluding carboxylic acids is 2. The van der Waals surface area contributed by atoms with E-state index in [-0.39, 0.29) is 30.1 Å². The van der Waals surface area contributed by atoms with E-state index in [0.29, 0.717) is 18.9 Å². The molecule has 2 heterocycles. The molecule has 8 heteroatoms. The maximum atomic E-state index is 12.9. The summed E-state index contributed by atoms with van der Waals surface area (Å²) in [5.74, 6) is -1.33. The van der Waals surface area contributed by atoms with Crippen molar-refractivity contribution in [2.45, 2.75) is 11.4 Å². The van der Waals surface area contributed by atoms with Gasteiger partial charge in [0.1, 0.15) is 0 Å². The number of morpholine rings is 1. The third-order valence-electron chi connectivity index (χ3n) is 5.71. The molecule has 2 aliphatic heterocycles. The average Bonchev–Trinajstić information content (AvgIpc) is 3.04. The summed E-state index contributed by atoms with van der Waals surface area (Å²) in [7, 11) is -3.75. The Labute approximate surface area is 179 Å². The second-order valence-corrected chi connectivity index (χ2v) is 9.54. The number of ether oxygens (including phenoxy) is 1. The number of ketones is 1. The fourth-order valence-corrected chi connectivity index (χ4v) is 5.49. The van der Waals surface area contributed by atoms with Gasteiger partial charge in [-0.25, -0.2) is 8.42 Å². The molecular formula is C23H20N2O5S. The zero-order chi connectivity index (χ0) is 21.6. The molecule has 0 unspecified atom stereocenters. The van der Waals surface area contributed by atoms with Crippen LogP contribution < -0.4 is 4.90 Å². The molecule has 0 atom stereocenters. The first-order valence-electron chi connectivity index (χ1n) is 10.0. The van der Waals surface area contributed by atoms with E-state index in [4.69, 9.17) is 4.74 Å². The summed E-state index contributed by atoms with van der Waals surface area (Å²) in [5, 5.41) is 2.14. The van der Waals surface area contributed by atoms with E-state index in [0.717, 1.165) is 16.3 Å². The number of benzene rings is 3. The van der Waals surface area contributed by atoms with Crippen LogP contribution in [0.15, 0.2) is 65.6 Å². The van der Waals surface area contributed by atoms with Crippen LogP contribution in [0.1, 0.15) is 15.9 Å². The third kappa shape index (κ3) is 3.42. The molecule has 0 saturated carbocycles. The second-order valence-electron chi connectivity index (χ2n) is 7.60. The van der Waals surface area contributed by atoms with Gasteiger partial charge in [-0.15, -0.1) is 0 Å². The lowest BCUT2D eigenvalue weighted by Crippen LogP contribution is -2.40. The van der Waals surface area contributed by atoms with Crippen molar-refractivity contribution in [2.75, 3.05) is 31.2 Å². The number of rotatable bonds is 4. The number of carbonyl (C=O) groups is 2. The van der Waals surface area contributed by atoms with Gasteiger partial charge in [0, 0.05) is 13.1 Å². The molecule has 5 rings (SSSR count). The number of Topliss-reactive ketones (excluding diaryl/α,β-unsaturated/α-hetero) is 1. The second kappa shape index (κ2) is 7.56. The summed E-state index contributed by atoms with van der Waals surface area (Å²) in [5.41, 5.74) is 1.45. The Hall–Kier alpha value is -3.07. The first-order chi connectivity index (χ1) is 14.9. The normalized spacial score (nSPS) is 17.4. The Morgan fingerprint density at radius 1 is 0.871 bits per heavy atom. The third-order valence-corrected chi connectivity index (χ3v) is 7.60. The SMILES string of the molecule is O=C1C(=O)N(Cc2ccc3ccccc3c2)c2ccc(S(=O)(=O)N3CCOCC3)cc21. The first kappa shape index (κ1) is 19.9. The van der Waals surface area contributed by atoms with Gasteiger partial charge in [-0.2, -0.15) is 4.31 Å². The molecule has 0 spiro atoms. The van der Waals surface area contributed by atoms with E-state index in [1.807, 2.05) is 42.5 Å². The Morgan fingerprint density at radius 2 is 1.61 bits per heavy atom. The minimum atomic E-state index is -3.75. The highest BCUT2D eigenvalue weighted by molar-refractivity contribution is 7.89. The number of nitrogens with zero attached hydrogens (tertiary/aromatic N) is 2. The quantitative estimate of drug-likeness (QED) is 0.587. The van der Waals surface area contributed by atoms with Crippen molar-refractivity contribution in [1.29, 1.82) is 0 Å². The van der Waals surface area contributed by atoms with Gasteiger partial charge in [0.15, 0.2) is 0 Å². The number of amides is 1. The fourth-order valence-electron chi connectivity index (χ4n) is 4.05. The molecule has 0 aliphatic carbocycles. The molecule has 0 bridgehead atoms. The lowest BCUT2D eigenvalue weighted by molar-refractivity contribution is -0.114. The molecule has 2 aliphatic rings. The van der Waals surface area contributed by atoms with Gasteiger partial charge >= 0.3 is 0 Å². The van der Waals surface area contributed by atoms with Crippen LogP contribution in [-0.2, 0) is 26.1 Å². The predicted octanol–water partition coefficient (Wildman–Crippen LogP) is 2.59. The van der Waals surface area contributed by atoms with Crippen molar-refractivity contribution < 1.29 is 22.7 Å². The largest absolute Gasteiger partial charge is 0.379 e. The monoisotopic (exact) mass is 436 g/mol. The first-order valence-corrected chi connectivity index (χ1v) is 11.4. The van der Waals surface area contributed by atoms with Crippen molar-refractivity contribution in [2.24, 2.45) is 0 Å². The van der Waals surface area contributed by atoms with E-state index in [1.54, 1.807) is 6.07 Å². The summed E-state index contributed by atoms with van der Waals surface area (Å²) >= 11 is 0. The van der Waals surface area contributed by atoms with E-state index in [1.165, 1.54) is 21.3 Å². The minimum absolute atomic E-state index is 0.0156. The van der Waals surface area contributed by atoms with Crippen LogP contribution in [0.3, 0.4) is 0 Å². The van der Waals surface area contributed by atoms with Crippen LogP contribution in [0.4, 0.5) is 5.69 Å². The lowest BCUT2D eigenvalue weighted by atomic mass is 10.1. The van der Waals surface area contributed by atoms with E-state index < -0.39 is 21.7 Å². The lowest BCUT2D eigenvalue weighted by Gasteiger charge is -2.26. The number of hydrogen-bond donors (Lipinski definition) is 0. The molecule has 3 aromatic carbocycles. The predicted molar refractivity (Wildman–Crippen MR) is 115 cm³/mol. The van der Waals surface area contributed by atoms with Crippen molar-refractivity contribution in [3.8, 4) is 0 Å². The topological polar surface area (TPSA) is 84.0 Å². The zero-order valence-electron chi connectivity index (χ0n) is 16.7. The van der Waals surface area contributed by atoms with Crippen LogP contribution in [0.2, 0.25) is 0 Å². The van der Waals surface area contributed by atoms with Crippen molar-refractivity contribution in [3.05, 3.63) is 71.8 Å². The van der Waals surface area contributed by atoms with Crippen molar-refractivity contribution >= 4 is 38.2 Å². The van der Waals surface area contributed by atoms with E-state index in [9.17, 15) is 18.0 Å². The molecule has 0 N–H and O–H groups in total. The minimum Gasteiger partial charge on any atom is -0.379 e.